The Kier molecular flexibility index (Phi) is 4.15. The fraction of sp³-hybridized carbons (Fsp3) is 0.667. The van der Waals surface area contributed by atoms with E-state index < -0.39 is 17.7 Å². The van der Waals surface area contributed by atoms with Crippen LogP contribution in [0.25, 0.3) is 0 Å². The third-order valence-corrected chi connectivity index (χ3v) is 2.26. The minimum Gasteiger partial charge on any atom is -0.478 e. The zero-order chi connectivity index (χ0) is 13.1. The summed E-state index contributed by atoms with van der Waals surface area (Å²) in [6.45, 7) is 5.35. The Morgan fingerprint density at radius 2 is 2.00 bits per heavy atom. The monoisotopic (exact) mass is 241 g/mol. The first kappa shape index (κ1) is 13.5. The van der Waals surface area contributed by atoms with E-state index in [1.165, 1.54) is 6.08 Å². The van der Waals surface area contributed by atoms with E-state index in [1.807, 2.05) is 0 Å². The van der Waals surface area contributed by atoms with Crippen LogP contribution in [0.2, 0.25) is 0 Å². The van der Waals surface area contributed by atoms with Gasteiger partial charge in [-0.3, -0.25) is 0 Å². The summed E-state index contributed by atoms with van der Waals surface area (Å²) in [4.78, 5) is 22.0. The predicted molar refractivity (Wildman–Crippen MR) is 62.7 cm³/mol. The fourth-order valence-electron chi connectivity index (χ4n) is 1.41. The molecule has 5 nitrogen and oxygen atoms in total. The zero-order valence-electron chi connectivity index (χ0n) is 10.4. The summed E-state index contributed by atoms with van der Waals surface area (Å²) < 4.78 is 5.12. The third-order valence-electron chi connectivity index (χ3n) is 2.26. The molecule has 1 aliphatic rings. The van der Waals surface area contributed by atoms with Gasteiger partial charge in [-0.25, -0.2) is 9.59 Å². The first-order valence-electron chi connectivity index (χ1n) is 5.68. The number of aliphatic carboxylic acids is 1. The van der Waals surface area contributed by atoms with Crippen LogP contribution in [0.1, 0.15) is 33.6 Å². The first-order valence-corrected chi connectivity index (χ1v) is 5.68. The van der Waals surface area contributed by atoms with E-state index >= 15 is 0 Å². The number of nitrogens with one attached hydrogen (secondary N) is 1. The second-order valence-corrected chi connectivity index (χ2v) is 5.21. The van der Waals surface area contributed by atoms with Crippen molar-refractivity contribution in [1.29, 1.82) is 0 Å². The van der Waals surface area contributed by atoms with Gasteiger partial charge in [-0.2, -0.15) is 0 Å². The maximum absolute atomic E-state index is 11.5. The molecule has 1 amide bonds. The number of carbonyl (C=O) groups excluding carboxylic acids is 1. The molecule has 0 aromatic rings. The van der Waals surface area contributed by atoms with Gasteiger partial charge in [0.1, 0.15) is 5.60 Å². The highest BCUT2D eigenvalue weighted by molar-refractivity contribution is 5.80. The Morgan fingerprint density at radius 3 is 2.41 bits per heavy atom. The molecule has 0 saturated heterocycles. The number of ether oxygens (including phenoxy) is 1. The highest BCUT2D eigenvalue weighted by atomic mass is 16.6. The normalized spacial score (nSPS) is 17.8. The Morgan fingerprint density at radius 1 is 1.41 bits per heavy atom. The Labute approximate surface area is 101 Å². The van der Waals surface area contributed by atoms with Gasteiger partial charge in [-0.05, 0) is 39.5 Å². The Hall–Kier alpha value is -1.52. The van der Waals surface area contributed by atoms with Crippen molar-refractivity contribution in [2.45, 2.75) is 45.3 Å². The molecule has 17 heavy (non-hydrogen) atoms. The SMILES string of the molecule is CC(C)(C)OC(=O)NC(/C=C/C(=O)O)C1CC1. The molecular weight excluding hydrogens is 222 g/mol. The molecule has 0 radical (unpaired) electrons. The standard InChI is InChI=1S/C12H19NO4/c1-12(2,3)17-11(16)13-9(8-4-5-8)6-7-10(14)15/h6-9H,4-5H2,1-3H3,(H,13,16)(H,14,15)/b7-6+. The van der Waals surface area contributed by atoms with Crippen molar-refractivity contribution in [3.05, 3.63) is 12.2 Å². The van der Waals surface area contributed by atoms with Gasteiger partial charge in [0.15, 0.2) is 0 Å². The second-order valence-electron chi connectivity index (χ2n) is 5.21. The predicted octanol–water partition coefficient (Wildman–Crippen LogP) is 1.93. The number of amides is 1. The number of carboxylic acids is 1. The van der Waals surface area contributed by atoms with E-state index in [9.17, 15) is 9.59 Å². The number of carboxylic acid groups (broad SMARTS) is 1. The van der Waals surface area contributed by atoms with Crippen molar-refractivity contribution < 1.29 is 19.4 Å². The molecule has 1 fully saturated rings. The van der Waals surface area contributed by atoms with Crippen LogP contribution < -0.4 is 5.32 Å². The van der Waals surface area contributed by atoms with Gasteiger partial charge in [0.05, 0.1) is 6.04 Å². The number of hydrogen-bond acceptors (Lipinski definition) is 3. The molecule has 0 aromatic heterocycles. The molecule has 96 valence electrons. The molecule has 0 aromatic carbocycles. The van der Waals surface area contributed by atoms with Crippen LogP contribution in [0.3, 0.4) is 0 Å². The summed E-state index contributed by atoms with van der Waals surface area (Å²) >= 11 is 0. The second kappa shape index (κ2) is 5.21. The van der Waals surface area contributed by atoms with Crippen molar-refractivity contribution in [3.8, 4) is 0 Å². The summed E-state index contributed by atoms with van der Waals surface area (Å²) in [6, 6.07) is -0.249. The van der Waals surface area contributed by atoms with E-state index in [1.54, 1.807) is 20.8 Å². The van der Waals surface area contributed by atoms with Gasteiger partial charge in [0, 0.05) is 6.08 Å². The van der Waals surface area contributed by atoms with Gasteiger partial charge < -0.3 is 15.2 Å². The molecule has 1 atom stereocenters. The van der Waals surface area contributed by atoms with Crippen LogP contribution in [-0.2, 0) is 9.53 Å². The zero-order valence-corrected chi connectivity index (χ0v) is 10.4. The highest BCUT2D eigenvalue weighted by Gasteiger charge is 2.31. The summed E-state index contributed by atoms with van der Waals surface area (Å²) in [5, 5.41) is 11.2. The first-order chi connectivity index (χ1) is 7.78. The smallest absolute Gasteiger partial charge is 0.408 e. The van der Waals surface area contributed by atoms with Crippen LogP contribution >= 0.6 is 0 Å². The molecule has 0 bridgehead atoms. The molecule has 2 N–H and O–H groups in total. The minimum absolute atomic E-state index is 0.249. The minimum atomic E-state index is -1.01. The van der Waals surface area contributed by atoms with Crippen molar-refractivity contribution in [3.63, 3.8) is 0 Å². The summed E-state index contributed by atoms with van der Waals surface area (Å²) in [5.41, 5.74) is -0.547. The van der Waals surface area contributed by atoms with Crippen LogP contribution in [0.15, 0.2) is 12.2 Å². The summed E-state index contributed by atoms with van der Waals surface area (Å²) in [7, 11) is 0. The molecule has 5 heteroatoms. The molecule has 1 unspecified atom stereocenters. The summed E-state index contributed by atoms with van der Waals surface area (Å²) in [6.07, 6.45) is 4.06. The van der Waals surface area contributed by atoms with E-state index in [0.717, 1.165) is 18.9 Å². The van der Waals surface area contributed by atoms with Gasteiger partial charge in [-0.1, -0.05) is 6.08 Å². The topological polar surface area (TPSA) is 75.6 Å². The maximum Gasteiger partial charge on any atom is 0.408 e. The molecule has 1 rings (SSSR count). The van der Waals surface area contributed by atoms with E-state index in [-0.39, 0.29) is 6.04 Å². The maximum atomic E-state index is 11.5. The van der Waals surface area contributed by atoms with Crippen molar-refractivity contribution >= 4 is 12.1 Å². The Balaban J connectivity index is 2.49. The fourth-order valence-corrected chi connectivity index (χ4v) is 1.41. The molecule has 1 aliphatic carbocycles. The number of rotatable bonds is 4. The van der Waals surface area contributed by atoms with Gasteiger partial charge in [-0.15, -0.1) is 0 Å². The molecular formula is C12H19NO4. The van der Waals surface area contributed by atoms with Gasteiger partial charge in [0.2, 0.25) is 0 Å². The molecule has 0 aliphatic heterocycles. The third kappa shape index (κ3) is 5.94. The van der Waals surface area contributed by atoms with Crippen LogP contribution in [0, 0.1) is 5.92 Å². The number of hydrogen-bond donors (Lipinski definition) is 2. The lowest BCUT2D eigenvalue weighted by molar-refractivity contribution is -0.131. The largest absolute Gasteiger partial charge is 0.478 e. The number of alkyl carbamates (subject to hydrolysis) is 1. The molecule has 1 saturated carbocycles. The lowest BCUT2D eigenvalue weighted by Gasteiger charge is -2.22. The van der Waals surface area contributed by atoms with Crippen LogP contribution in [0.4, 0.5) is 4.79 Å². The molecule has 0 heterocycles. The lowest BCUT2D eigenvalue weighted by Crippen LogP contribution is -2.39. The van der Waals surface area contributed by atoms with Gasteiger partial charge >= 0.3 is 12.1 Å². The lowest BCUT2D eigenvalue weighted by atomic mass is 10.1. The van der Waals surface area contributed by atoms with Gasteiger partial charge in [0.25, 0.3) is 0 Å². The Bertz CT molecular complexity index is 326. The van der Waals surface area contributed by atoms with Crippen molar-refractivity contribution in [1.82, 2.24) is 5.32 Å². The van der Waals surface area contributed by atoms with E-state index in [4.69, 9.17) is 9.84 Å². The highest BCUT2D eigenvalue weighted by Crippen LogP contribution is 2.33. The number of carbonyl (C=O) groups is 2. The van der Waals surface area contributed by atoms with Crippen LogP contribution in [-0.4, -0.2) is 28.8 Å². The van der Waals surface area contributed by atoms with E-state index in [2.05, 4.69) is 5.32 Å². The van der Waals surface area contributed by atoms with Crippen molar-refractivity contribution in [2.75, 3.05) is 0 Å². The van der Waals surface area contributed by atoms with E-state index in [0.29, 0.717) is 5.92 Å². The average Bonchev–Trinajstić information content (AvgIpc) is 2.91. The summed E-state index contributed by atoms with van der Waals surface area (Å²) in [5.74, 6) is -0.681. The average molecular weight is 241 g/mol. The van der Waals surface area contributed by atoms with Crippen molar-refractivity contribution in [2.24, 2.45) is 5.92 Å². The molecule has 0 spiro atoms. The quantitative estimate of drug-likeness (QED) is 0.737. The van der Waals surface area contributed by atoms with Crippen LogP contribution in [0.5, 0.6) is 0 Å².